The van der Waals surface area contributed by atoms with Gasteiger partial charge in [0.1, 0.15) is 0 Å². The van der Waals surface area contributed by atoms with Gasteiger partial charge in [-0.1, -0.05) is 6.07 Å². The number of aliphatic hydroxyl groups excluding tert-OH is 1. The second-order valence-electron chi connectivity index (χ2n) is 3.26. The number of nitrogens with one attached hydrogen (secondary N) is 1. The summed E-state index contributed by atoms with van der Waals surface area (Å²) in [6, 6.07) is 6.98. The predicted molar refractivity (Wildman–Crippen MR) is 69.5 cm³/mol. The summed E-state index contributed by atoms with van der Waals surface area (Å²) in [5.41, 5.74) is 0.481. The zero-order chi connectivity index (χ0) is 12.8. The zero-order valence-corrected chi connectivity index (χ0v) is 11.3. The molecule has 92 valence electrons. The molecule has 2 N–H and O–H groups in total. The first kappa shape index (κ1) is 13.9. The molecule has 0 radical (unpaired) electrons. The largest absolute Gasteiger partial charge is 0.467 e. The minimum Gasteiger partial charge on any atom is -0.467 e. The SMILES string of the molecule is COC(=O)C(O)CNC(=O)c1cccc(I)c1. The van der Waals surface area contributed by atoms with Gasteiger partial charge in [0.05, 0.1) is 13.7 Å². The molecule has 17 heavy (non-hydrogen) atoms. The number of ether oxygens (including phenoxy) is 1. The lowest BCUT2D eigenvalue weighted by Crippen LogP contribution is -2.37. The number of halogens is 1. The van der Waals surface area contributed by atoms with Gasteiger partial charge in [0.2, 0.25) is 0 Å². The number of methoxy groups -OCH3 is 1. The average Bonchev–Trinajstić information content (AvgIpc) is 2.34. The summed E-state index contributed by atoms with van der Waals surface area (Å²) in [4.78, 5) is 22.5. The molecule has 0 saturated heterocycles. The molecule has 0 aromatic heterocycles. The summed E-state index contributed by atoms with van der Waals surface area (Å²) in [7, 11) is 1.17. The minimum atomic E-state index is -1.34. The van der Waals surface area contributed by atoms with Gasteiger partial charge in [-0.25, -0.2) is 4.79 Å². The fourth-order valence-corrected chi connectivity index (χ4v) is 1.68. The average molecular weight is 349 g/mol. The Labute approximate surface area is 112 Å². The van der Waals surface area contributed by atoms with E-state index in [9.17, 15) is 14.7 Å². The number of aliphatic hydroxyl groups is 1. The van der Waals surface area contributed by atoms with Crippen LogP contribution in [0.3, 0.4) is 0 Å². The molecule has 0 fully saturated rings. The number of rotatable bonds is 4. The first-order valence-electron chi connectivity index (χ1n) is 4.84. The van der Waals surface area contributed by atoms with E-state index >= 15 is 0 Å². The van der Waals surface area contributed by atoms with Gasteiger partial charge in [-0.2, -0.15) is 0 Å². The van der Waals surface area contributed by atoms with Crippen LogP contribution in [0.15, 0.2) is 24.3 Å². The molecule has 1 unspecified atom stereocenters. The van der Waals surface area contributed by atoms with Crippen LogP contribution in [0.2, 0.25) is 0 Å². The van der Waals surface area contributed by atoms with E-state index in [0.717, 1.165) is 3.57 Å². The summed E-state index contributed by atoms with van der Waals surface area (Å²) < 4.78 is 5.26. The lowest BCUT2D eigenvalue weighted by Gasteiger charge is -2.09. The molecule has 0 saturated carbocycles. The summed E-state index contributed by atoms with van der Waals surface area (Å²) in [5, 5.41) is 11.7. The van der Waals surface area contributed by atoms with Crippen LogP contribution in [-0.2, 0) is 9.53 Å². The highest BCUT2D eigenvalue weighted by Crippen LogP contribution is 2.07. The van der Waals surface area contributed by atoms with Crippen molar-refractivity contribution in [1.29, 1.82) is 0 Å². The molecule has 1 amide bonds. The maximum absolute atomic E-state index is 11.6. The highest BCUT2D eigenvalue weighted by molar-refractivity contribution is 14.1. The Bertz CT molecular complexity index is 422. The molecule has 1 aromatic rings. The van der Waals surface area contributed by atoms with Gasteiger partial charge in [-0.3, -0.25) is 4.79 Å². The third kappa shape index (κ3) is 4.31. The monoisotopic (exact) mass is 349 g/mol. The first-order valence-corrected chi connectivity index (χ1v) is 5.92. The van der Waals surface area contributed by atoms with Gasteiger partial charge >= 0.3 is 5.97 Å². The van der Waals surface area contributed by atoms with Crippen molar-refractivity contribution in [2.45, 2.75) is 6.10 Å². The van der Waals surface area contributed by atoms with Crippen LogP contribution in [0, 0.1) is 3.57 Å². The summed E-state index contributed by atoms with van der Waals surface area (Å²) >= 11 is 2.09. The minimum absolute atomic E-state index is 0.170. The molecule has 1 atom stereocenters. The van der Waals surface area contributed by atoms with Gasteiger partial charge in [0.25, 0.3) is 5.91 Å². The molecule has 5 nitrogen and oxygen atoms in total. The molecule has 1 rings (SSSR count). The van der Waals surface area contributed by atoms with E-state index in [0.29, 0.717) is 5.56 Å². The number of carbonyl (C=O) groups excluding carboxylic acids is 2. The quantitative estimate of drug-likeness (QED) is 0.615. The highest BCUT2D eigenvalue weighted by atomic mass is 127. The number of benzene rings is 1. The van der Waals surface area contributed by atoms with E-state index in [1.54, 1.807) is 18.2 Å². The maximum atomic E-state index is 11.6. The molecule has 6 heteroatoms. The Morgan fingerprint density at radius 3 is 2.82 bits per heavy atom. The van der Waals surface area contributed by atoms with E-state index in [2.05, 4.69) is 32.6 Å². The van der Waals surface area contributed by atoms with E-state index in [1.165, 1.54) is 7.11 Å². The Morgan fingerprint density at radius 2 is 2.24 bits per heavy atom. The third-order valence-corrected chi connectivity index (χ3v) is 2.69. The topological polar surface area (TPSA) is 75.6 Å². The van der Waals surface area contributed by atoms with Crippen molar-refractivity contribution in [2.75, 3.05) is 13.7 Å². The van der Waals surface area contributed by atoms with Crippen molar-refractivity contribution in [3.8, 4) is 0 Å². The number of hydrogen-bond donors (Lipinski definition) is 2. The van der Waals surface area contributed by atoms with Crippen LogP contribution in [-0.4, -0.2) is 36.7 Å². The molecule has 0 spiro atoms. The van der Waals surface area contributed by atoms with Gasteiger partial charge in [-0.15, -0.1) is 0 Å². The molecule has 0 aliphatic rings. The third-order valence-electron chi connectivity index (χ3n) is 2.02. The summed E-state index contributed by atoms with van der Waals surface area (Å²) in [6.45, 7) is -0.170. The van der Waals surface area contributed by atoms with Crippen molar-refractivity contribution in [3.05, 3.63) is 33.4 Å². The highest BCUT2D eigenvalue weighted by Gasteiger charge is 2.16. The van der Waals surface area contributed by atoms with E-state index in [4.69, 9.17) is 0 Å². The van der Waals surface area contributed by atoms with E-state index in [-0.39, 0.29) is 12.5 Å². The molecule has 0 bridgehead atoms. The van der Waals surface area contributed by atoms with Crippen LogP contribution >= 0.6 is 22.6 Å². The molecular formula is C11H12INO4. The summed E-state index contributed by atoms with van der Waals surface area (Å²) in [6.07, 6.45) is -1.34. The van der Waals surface area contributed by atoms with Crippen molar-refractivity contribution in [2.24, 2.45) is 0 Å². The van der Waals surface area contributed by atoms with Crippen molar-refractivity contribution in [3.63, 3.8) is 0 Å². The number of carbonyl (C=O) groups is 2. The Hall–Kier alpha value is -1.15. The van der Waals surface area contributed by atoms with Gasteiger partial charge < -0.3 is 15.2 Å². The van der Waals surface area contributed by atoms with E-state index in [1.807, 2.05) is 6.07 Å². The second-order valence-corrected chi connectivity index (χ2v) is 4.50. The summed E-state index contributed by atoms with van der Waals surface area (Å²) in [5.74, 6) is -1.11. The lowest BCUT2D eigenvalue weighted by atomic mass is 10.2. The molecule has 0 aliphatic carbocycles. The van der Waals surface area contributed by atoms with Gasteiger partial charge in [0.15, 0.2) is 6.10 Å². The van der Waals surface area contributed by atoms with Crippen molar-refractivity contribution >= 4 is 34.5 Å². The maximum Gasteiger partial charge on any atom is 0.336 e. The molecule has 1 aromatic carbocycles. The van der Waals surface area contributed by atoms with Crippen molar-refractivity contribution in [1.82, 2.24) is 5.32 Å². The van der Waals surface area contributed by atoms with Gasteiger partial charge in [-0.05, 0) is 40.8 Å². The number of hydrogen-bond acceptors (Lipinski definition) is 4. The smallest absolute Gasteiger partial charge is 0.336 e. The Balaban J connectivity index is 2.53. The van der Waals surface area contributed by atoms with Crippen LogP contribution in [0.5, 0.6) is 0 Å². The normalized spacial score (nSPS) is 11.7. The number of esters is 1. The molecular weight excluding hydrogens is 337 g/mol. The second kappa shape index (κ2) is 6.55. The predicted octanol–water partition coefficient (Wildman–Crippen LogP) is 0.555. The van der Waals surface area contributed by atoms with Gasteiger partial charge in [0, 0.05) is 9.13 Å². The fourth-order valence-electron chi connectivity index (χ4n) is 1.14. The van der Waals surface area contributed by atoms with Crippen LogP contribution in [0.4, 0.5) is 0 Å². The van der Waals surface area contributed by atoms with E-state index < -0.39 is 12.1 Å². The Kier molecular flexibility index (Phi) is 5.36. The van der Waals surface area contributed by atoms with Crippen LogP contribution in [0.1, 0.15) is 10.4 Å². The zero-order valence-electron chi connectivity index (χ0n) is 9.14. The molecule has 0 aliphatic heterocycles. The standard InChI is InChI=1S/C11H12INO4/c1-17-11(16)9(14)6-13-10(15)7-3-2-4-8(12)5-7/h2-5,9,14H,6H2,1H3,(H,13,15). The van der Waals surface area contributed by atoms with Crippen LogP contribution in [0.25, 0.3) is 0 Å². The van der Waals surface area contributed by atoms with Crippen LogP contribution < -0.4 is 5.32 Å². The number of amides is 1. The lowest BCUT2D eigenvalue weighted by molar-refractivity contribution is -0.149. The first-order chi connectivity index (χ1) is 8.04. The Morgan fingerprint density at radius 1 is 1.53 bits per heavy atom. The fraction of sp³-hybridized carbons (Fsp3) is 0.273. The van der Waals surface area contributed by atoms with Crippen molar-refractivity contribution < 1.29 is 19.4 Å². The molecule has 0 heterocycles.